The zero-order valence-electron chi connectivity index (χ0n) is 18.2. The van der Waals surface area contributed by atoms with Gasteiger partial charge in [0.05, 0.1) is 6.10 Å². The Bertz CT molecular complexity index is 985. The van der Waals surface area contributed by atoms with Crippen LogP contribution in [-0.4, -0.2) is 79.6 Å². The average Bonchev–Trinajstić information content (AvgIpc) is 3.15. The van der Waals surface area contributed by atoms with Gasteiger partial charge in [0.15, 0.2) is 22.5 Å². The van der Waals surface area contributed by atoms with E-state index in [1.54, 1.807) is 11.5 Å². The van der Waals surface area contributed by atoms with Crippen molar-refractivity contribution in [2.45, 2.75) is 69.2 Å². The van der Waals surface area contributed by atoms with Crippen LogP contribution in [0, 0.1) is 6.92 Å². The van der Waals surface area contributed by atoms with Crippen LogP contribution in [0.1, 0.15) is 44.7 Å². The lowest BCUT2D eigenvalue weighted by Crippen LogP contribution is -2.32. The van der Waals surface area contributed by atoms with Crippen molar-refractivity contribution in [3.05, 3.63) is 16.2 Å². The third kappa shape index (κ3) is 5.19. The summed E-state index contributed by atoms with van der Waals surface area (Å²) in [7, 11) is 0. The summed E-state index contributed by atoms with van der Waals surface area (Å²) in [5, 5.41) is 22.0. The number of nitrogens with zero attached hydrogens (tertiary/aromatic N) is 3. The summed E-state index contributed by atoms with van der Waals surface area (Å²) in [6.45, 7) is 6.84. The van der Waals surface area contributed by atoms with Crippen molar-refractivity contribution in [3.8, 4) is 0 Å². The molecule has 2 unspecified atom stereocenters. The number of aromatic amines is 1. The van der Waals surface area contributed by atoms with Gasteiger partial charge in [0.1, 0.15) is 18.0 Å². The number of rotatable bonds is 9. The Labute approximate surface area is 181 Å². The Kier molecular flexibility index (Phi) is 7.51. The highest BCUT2D eigenvalue weighted by molar-refractivity contribution is 7.99. The summed E-state index contributed by atoms with van der Waals surface area (Å²) >= 11 is 1.52. The van der Waals surface area contributed by atoms with Gasteiger partial charge in [-0.25, -0.2) is 9.97 Å². The summed E-state index contributed by atoms with van der Waals surface area (Å²) in [6.07, 6.45) is 5.45. The molecule has 3 N–H and O–H groups in total. The van der Waals surface area contributed by atoms with Crippen LogP contribution < -0.4 is 5.56 Å². The third-order valence-electron chi connectivity index (χ3n) is 5.23. The fourth-order valence-electron chi connectivity index (χ4n) is 3.58. The molecule has 0 aliphatic carbocycles. The van der Waals surface area contributed by atoms with Crippen LogP contribution in [0.4, 0.5) is 0 Å². The zero-order chi connectivity index (χ0) is 22.1. The van der Waals surface area contributed by atoms with Crippen molar-refractivity contribution in [1.29, 1.82) is 0 Å². The molecule has 168 valence electrons. The van der Waals surface area contributed by atoms with Crippen molar-refractivity contribution < 1.29 is 14.9 Å². The van der Waals surface area contributed by atoms with Crippen LogP contribution in [0.15, 0.2) is 9.95 Å². The van der Waals surface area contributed by atoms with Crippen molar-refractivity contribution in [2.75, 3.05) is 25.2 Å². The number of H-pyrrole nitrogens is 1. The molecule has 0 radical (unpaired) electrons. The summed E-state index contributed by atoms with van der Waals surface area (Å²) < 4.78 is 7.82. The summed E-state index contributed by atoms with van der Waals surface area (Å²) in [4.78, 5) is 24.1. The first kappa shape index (κ1) is 23.5. The second-order valence-corrected chi connectivity index (χ2v) is 14.0. The number of unbranched alkanes of at least 4 members (excludes halogenated alkanes) is 2. The molecule has 30 heavy (non-hydrogen) atoms. The van der Waals surface area contributed by atoms with Crippen molar-refractivity contribution >= 4 is 36.1 Å². The fraction of sp³-hybridized carbons (Fsp3) is 0.700. The second kappa shape index (κ2) is 9.57. The first-order chi connectivity index (χ1) is 14.1. The topological polar surface area (TPSA) is 113 Å². The molecule has 2 aromatic rings. The molecule has 1 fully saturated rings. The Morgan fingerprint density at radius 3 is 2.67 bits per heavy atom. The minimum Gasteiger partial charge on any atom is -0.388 e. The van der Waals surface area contributed by atoms with Crippen molar-refractivity contribution in [1.82, 2.24) is 19.5 Å². The van der Waals surface area contributed by atoms with E-state index in [4.69, 9.17) is 4.74 Å². The highest BCUT2D eigenvalue weighted by Gasteiger charge is 2.45. The van der Waals surface area contributed by atoms with E-state index in [1.807, 2.05) is 0 Å². The van der Waals surface area contributed by atoms with Gasteiger partial charge >= 0.3 is 0 Å². The van der Waals surface area contributed by atoms with Crippen LogP contribution >= 0.6 is 18.6 Å². The van der Waals surface area contributed by atoms with Gasteiger partial charge in [-0.3, -0.25) is 9.36 Å². The van der Waals surface area contributed by atoms with Crippen LogP contribution in [-0.2, 0) is 4.74 Å². The molecule has 4 atom stereocenters. The fourth-order valence-corrected chi connectivity index (χ4v) is 5.55. The van der Waals surface area contributed by atoms with E-state index in [0.29, 0.717) is 23.0 Å². The highest BCUT2D eigenvalue weighted by Crippen LogP contribution is 2.41. The van der Waals surface area contributed by atoms with E-state index in [-0.39, 0.29) is 11.1 Å². The minimum atomic E-state index is -1.28. The smallest absolute Gasteiger partial charge is 0.279 e. The largest absolute Gasteiger partial charge is 0.388 e. The van der Waals surface area contributed by atoms with Crippen LogP contribution in [0.25, 0.3) is 11.2 Å². The normalized spacial score (nSPS) is 24.7. The van der Waals surface area contributed by atoms with Gasteiger partial charge in [-0.15, -0.1) is 13.2 Å². The molecule has 8 nitrogen and oxygen atoms in total. The van der Waals surface area contributed by atoms with E-state index in [0.717, 1.165) is 31.2 Å². The van der Waals surface area contributed by atoms with Crippen molar-refractivity contribution in [3.63, 3.8) is 0 Å². The van der Waals surface area contributed by atoms with Gasteiger partial charge in [-0.1, -0.05) is 31.5 Å². The lowest BCUT2D eigenvalue weighted by atomic mass is 10.1. The van der Waals surface area contributed by atoms with E-state index >= 15 is 0 Å². The van der Waals surface area contributed by atoms with Crippen LogP contribution in [0.5, 0.6) is 0 Å². The molecular weight excluding hydrogens is 423 g/mol. The number of ether oxygens (including phenoxy) is 1. The van der Waals surface area contributed by atoms with Gasteiger partial charge in [-0.05, 0) is 39.3 Å². The van der Waals surface area contributed by atoms with E-state index < -0.39 is 31.4 Å². The quantitative estimate of drug-likeness (QED) is 0.302. The Morgan fingerprint density at radius 1 is 1.27 bits per heavy atom. The lowest BCUT2D eigenvalue weighted by Gasteiger charge is -2.20. The molecular formula is C20H33N4O4PS. The summed E-state index contributed by atoms with van der Waals surface area (Å²) in [6, 6.07) is 0. The molecule has 10 heteroatoms. The zero-order valence-corrected chi connectivity index (χ0v) is 19.9. The molecule has 3 heterocycles. The van der Waals surface area contributed by atoms with Gasteiger partial charge in [0, 0.05) is 5.75 Å². The number of hydrogen-bond acceptors (Lipinski definition) is 7. The molecule has 0 aromatic carbocycles. The number of thioether (sulfide) groups is 1. The molecule has 0 bridgehead atoms. The number of aliphatic hydroxyl groups excluding tert-OH is 2. The first-order valence-corrected chi connectivity index (χ1v) is 14.5. The molecule has 0 saturated carbocycles. The standard InChI is InChI=1S/C20H33N4O4PS/c1-6-7-8-11-30-20-23-14-17(21-12(2)22-18(14)27)24(20)19-16(26)15(25)13(28-19)9-10-29(3,4)5/h13,15-16,19,25-26H,3,6-11H2,1-2,4-5H3,(H,21,22,27)/t13-,15-,16?,19?/m1/s1. The predicted molar refractivity (Wildman–Crippen MR) is 124 cm³/mol. The Morgan fingerprint density at radius 2 is 2.00 bits per heavy atom. The molecule has 0 spiro atoms. The molecule has 2 aromatic heterocycles. The SMILES string of the molecule is C=P(C)(C)CC[C@H]1OC(n2c(SCCCCC)nc3c(=O)[nH]c(C)nc32)C(O)[C@@H]1O. The van der Waals surface area contributed by atoms with Crippen LogP contribution in [0.3, 0.4) is 0 Å². The number of aryl methyl sites for hydroxylation is 1. The average molecular weight is 457 g/mol. The Balaban J connectivity index is 1.96. The lowest BCUT2D eigenvalue weighted by molar-refractivity contribution is -0.0400. The minimum absolute atomic E-state index is 0.220. The van der Waals surface area contributed by atoms with E-state index in [9.17, 15) is 15.0 Å². The maximum absolute atomic E-state index is 12.4. The number of imidazole rings is 1. The molecule has 1 saturated heterocycles. The first-order valence-electron chi connectivity index (χ1n) is 10.4. The van der Waals surface area contributed by atoms with Crippen LogP contribution in [0.2, 0.25) is 0 Å². The molecule has 3 rings (SSSR count). The highest BCUT2D eigenvalue weighted by atomic mass is 32.2. The number of hydrogen-bond donors (Lipinski definition) is 3. The molecule has 1 aliphatic rings. The molecule has 0 amide bonds. The monoisotopic (exact) mass is 456 g/mol. The van der Waals surface area contributed by atoms with Gasteiger partial charge in [-0.2, -0.15) is 0 Å². The second-order valence-electron chi connectivity index (χ2n) is 8.64. The van der Waals surface area contributed by atoms with E-state index in [1.165, 1.54) is 11.8 Å². The maximum atomic E-state index is 12.4. The van der Waals surface area contributed by atoms with Crippen molar-refractivity contribution in [2.24, 2.45) is 0 Å². The van der Waals surface area contributed by atoms with Gasteiger partial charge in [0.2, 0.25) is 0 Å². The van der Waals surface area contributed by atoms with Gasteiger partial charge < -0.3 is 19.9 Å². The third-order valence-corrected chi connectivity index (χ3v) is 7.73. The van der Waals surface area contributed by atoms with Gasteiger partial charge in [0.25, 0.3) is 5.56 Å². The summed E-state index contributed by atoms with van der Waals surface area (Å²) in [5.41, 5.74) is 0.271. The van der Waals surface area contributed by atoms with E-state index in [2.05, 4.69) is 41.5 Å². The summed E-state index contributed by atoms with van der Waals surface area (Å²) in [5.74, 6) is 1.30. The maximum Gasteiger partial charge on any atom is 0.279 e. The Hall–Kier alpha value is -1.12. The predicted octanol–water partition coefficient (Wildman–Crippen LogP) is 2.43. The number of nitrogens with one attached hydrogen (secondary N) is 1. The number of aliphatic hydroxyl groups is 2. The number of aromatic nitrogens is 4. The molecule has 1 aliphatic heterocycles. The number of fused-ring (bicyclic) bond motifs is 1.